The molecule has 9 nitrogen and oxygen atoms in total. The normalized spacial score (nSPS) is 17.7. The molecule has 29 heavy (non-hydrogen) atoms. The number of sulfonamides is 2. The molecule has 0 fully saturated rings. The van der Waals surface area contributed by atoms with Crippen LogP contribution in [0.15, 0.2) is 50.5 Å². The van der Waals surface area contributed by atoms with Crippen molar-refractivity contribution in [3.8, 4) is 0 Å². The van der Waals surface area contributed by atoms with E-state index in [1.807, 2.05) is 0 Å². The van der Waals surface area contributed by atoms with Gasteiger partial charge in [0.15, 0.2) is 0 Å². The number of benzene rings is 1. The van der Waals surface area contributed by atoms with E-state index in [1.165, 1.54) is 12.1 Å². The molecule has 0 saturated heterocycles. The fourth-order valence-electron chi connectivity index (χ4n) is 2.76. The fraction of sp³-hybridized carbons (Fsp3) is 0.294. The minimum Gasteiger partial charge on any atom is -0.349 e. The van der Waals surface area contributed by atoms with E-state index in [0.717, 1.165) is 11.3 Å². The predicted molar refractivity (Wildman–Crippen MR) is 109 cm³/mol. The predicted octanol–water partition coefficient (Wildman–Crippen LogP) is 0.775. The Labute approximate surface area is 173 Å². The van der Waals surface area contributed by atoms with Gasteiger partial charge in [-0.25, -0.2) is 22.0 Å². The summed E-state index contributed by atoms with van der Waals surface area (Å²) in [4.78, 5) is 17.8. The van der Waals surface area contributed by atoms with Gasteiger partial charge in [-0.3, -0.25) is 14.5 Å². The number of carbonyl (C=O) groups is 1. The molecule has 0 spiro atoms. The van der Waals surface area contributed by atoms with Crippen molar-refractivity contribution in [2.75, 3.05) is 0 Å². The molecule has 1 aromatic heterocycles. The minimum absolute atomic E-state index is 0.0133. The summed E-state index contributed by atoms with van der Waals surface area (Å²) in [6.07, 6.45) is 0. The van der Waals surface area contributed by atoms with Gasteiger partial charge in [-0.15, -0.1) is 11.3 Å². The quantitative estimate of drug-likeness (QED) is 0.587. The molecule has 1 aliphatic heterocycles. The largest absolute Gasteiger partial charge is 0.349 e. The van der Waals surface area contributed by atoms with Crippen LogP contribution in [0, 0.1) is 5.92 Å². The Morgan fingerprint density at radius 1 is 1.24 bits per heavy atom. The van der Waals surface area contributed by atoms with Gasteiger partial charge in [-0.2, -0.15) is 0 Å². The number of nitrogens with zero attached hydrogens (tertiary/aromatic N) is 1. The van der Waals surface area contributed by atoms with E-state index in [0.29, 0.717) is 10.4 Å². The molecule has 1 atom stereocenters. The smallest absolute Gasteiger partial charge is 0.263 e. The molecular formula is C17H20N4O5S3. The number of fused-ring (bicyclic) bond motifs is 1. The number of nitrogens with one attached hydrogen (secondary N) is 2. The first kappa shape index (κ1) is 21.4. The molecule has 2 heterocycles. The van der Waals surface area contributed by atoms with Crippen LogP contribution in [0.3, 0.4) is 0 Å². The molecule has 0 aliphatic carbocycles. The van der Waals surface area contributed by atoms with Gasteiger partial charge in [0.25, 0.3) is 10.0 Å². The average molecular weight is 457 g/mol. The van der Waals surface area contributed by atoms with Gasteiger partial charge in [-0.1, -0.05) is 26.0 Å². The van der Waals surface area contributed by atoms with Crippen molar-refractivity contribution in [3.63, 3.8) is 0 Å². The second kappa shape index (κ2) is 7.86. The number of aliphatic imine (C=N–C) groups is 1. The maximum Gasteiger partial charge on any atom is 0.263 e. The number of thiophene rings is 1. The summed E-state index contributed by atoms with van der Waals surface area (Å²) in [6.45, 7) is 3.71. The molecule has 1 aliphatic rings. The molecule has 156 valence electrons. The molecule has 12 heteroatoms. The zero-order valence-corrected chi connectivity index (χ0v) is 18.1. The van der Waals surface area contributed by atoms with Crippen LogP contribution in [0.2, 0.25) is 0 Å². The van der Waals surface area contributed by atoms with Crippen molar-refractivity contribution in [2.45, 2.75) is 35.5 Å². The number of carbonyl (C=O) groups excluding carboxylic acids is 1. The highest BCUT2D eigenvalue weighted by Gasteiger charge is 2.32. The molecule has 1 aromatic carbocycles. The van der Waals surface area contributed by atoms with Crippen molar-refractivity contribution in [1.29, 1.82) is 0 Å². The summed E-state index contributed by atoms with van der Waals surface area (Å²) in [6, 6.07) is 8.53. The fourth-order valence-corrected chi connectivity index (χ4v) is 5.72. The monoisotopic (exact) mass is 456 g/mol. The molecule has 3 rings (SSSR count). The Hall–Kier alpha value is -2.28. The molecule has 4 N–H and O–H groups in total. The Kier molecular flexibility index (Phi) is 5.81. The number of hydrogen-bond acceptors (Lipinski definition) is 7. The Morgan fingerprint density at radius 3 is 2.55 bits per heavy atom. The SMILES string of the molecule is CC(C)[C@H](N=C1NS(=O)(=O)c2ccccc21)C(=O)NCc1ccc(S(N)(=O)=O)s1. The first-order chi connectivity index (χ1) is 13.5. The zero-order valence-electron chi connectivity index (χ0n) is 15.6. The lowest BCUT2D eigenvalue weighted by molar-refractivity contribution is -0.123. The molecule has 0 bridgehead atoms. The lowest BCUT2D eigenvalue weighted by Gasteiger charge is -2.17. The second-order valence-corrected chi connectivity index (χ2v) is 11.4. The van der Waals surface area contributed by atoms with Crippen molar-refractivity contribution < 1.29 is 21.6 Å². The van der Waals surface area contributed by atoms with Crippen LogP contribution < -0.4 is 15.2 Å². The van der Waals surface area contributed by atoms with Gasteiger partial charge >= 0.3 is 0 Å². The lowest BCUT2D eigenvalue weighted by Crippen LogP contribution is -2.38. The van der Waals surface area contributed by atoms with Gasteiger partial charge < -0.3 is 5.32 Å². The number of nitrogens with two attached hydrogens (primary N) is 1. The molecule has 2 aromatic rings. The van der Waals surface area contributed by atoms with Gasteiger partial charge in [-0.05, 0) is 30.2 Å². The molecule has 0 radical (unpaired) electrons. The van der Waals surface area contributed by atoms with Crippen LogP contribution >= 0.6 is 11.3 Å². The highest BCUT2D eigenvalue weighted by molar-refractivity contribution is 7.91. The second-order valence-electron chi connectivity index (χ2n) is 6.75. The third kappa shape index (κ3) is 4.66. The molecule has 1 amide bonds. The van der Waals surface area contributed by atoms with E-state index < -0.39 is 32.0 Å². The van der Waals surface area contributed by atoms with Crippen LogP contribution in [0.5, 0.6) is 0 Å². The van der Waals surface area contributed by atoms with E-state index in [2.05, 4.69) is 15.0 Å². The van der Waals surface area contributed by atoms with Gasteiger partial charge in [0.05, 0.1) is 11.4 Å². The van der Waals surface area contributed by atoms with E-state index in [4.69, 9.17) is 5.14 Å². The maximum absolute atomic E-state index is 12.7. The average Bonchev–Trinajstić information content (AvgIpc) is 3.21. The Balaban J connectivity index is 1.79. The molecular weight excluding hydrogens is 436 g/mol. The molecule has 0 unspecified atom stereocenters. The summed E-state index contributed by atoms with van der Waals surface area (Å²) < 4.78 is 49.6. The summed E-state index contributed by atoms with van der Waals surface area (Å²) in [5.74, 6) is -0.480. The minimum atomic E-state index is -3.79. The third-order valence-electron chi connectivity index (χ3n) is 4.19. The van der Waals surface area contributed by atoms with Crippen molar-refractivity contribution in [1.82, 2.24) is 10.0 Å². The van der Waals surface area contributed by atoms with Crippen molar-refractivity contribution in [2.24, 2.45) is 16.0 Å². The van der Waals surface area contributed by atoms with E-state index in [-0.39, 0.29) is 27.4 Å². The number of primary sulfonamides is 1. The molecule has 0 saturated carbocycles. The van der Waals surface area contributed by atoms with E-state index in [1.54, 1.807) is 38.1 Å². The van der Waals surface area contributed by atoms with Crippen LogP contribution in [-0.2, 0) is 31.4 Å². The van der Waals surface area contributed by atoms with E-state index >= 15 is 0 Å². The standard InChI is InChI=1S/C17H20N4O5S3/c1-10(2)15(17(22)19-9-11-7-8-14(27-11)28(18,23)24)20-16-12-5-3-4-6-13(12)29(25,26)21-16/h3-8,10,15H,9H2,1-2H3,(H,19,22)(H,20,21)(H2,18,23,24)/t15-/m0/s1. The topological polar surface area (TPSA) is 148 Å². The summed E-state index contributed by atoms with van der Waals surface area (Å²) in [7, 11) is -7.48. The Bertz CT molecular complexity index is 1180. The van der Waals surface area contributed by atoms with Gasteiger partial charge in [0.1, 0.15) is 16.1 Å². The van der Waals surface area contributed by atoms with Crippen molar-refractivity contribution >= 4 is 43.1 Å². The summed E-state index contributed by atoms with van der Waals surface area (Å²) >= 11 is 0.970. The summed E-state index contributed by atoms with van der Waals surface area (Å²) in [5.41, 5.74) is 0.419. The van der Waals surface area contributed by atoms with Crippen LogP contribution in [0.1, 0.15) is 24.3 Å². The summed E-state index contributed by atoms with van der Waals surface area (Å²) in [5, 5.41) is 7.80. The highest BCUT2D eigenvalue weighted by Crippen LogP contribution is 2.24. The first-order valence-corrected chi connectivity index (χ1v) is 12.4. The first-order valence-electron chi connectivity index (χ1n) is 8.58. The van der Waals surface area contributed by atoms with Crippen molar-refractivity contribution in [3.05, 3.63) is 46.8 Å². The number of rotatable bonds is 6. The number of amides is 1. The number of amidine groups is 1. The van der Waals surface area contributed by atoms with Gasteiger partial charge in [0, 0.05) is 10.4 Å². The third-order valence-corrected chi connectivity index (χ3v) is 8.11. The van der Waals surface area contributed by atoms with Crippen LogP contribution in [-0.4, -0.2) is 34.6 Å². The van der Waals surface area contributed by atoms with E-state index in [9.17, 15) is 21.6 Å². The highest BCUT2D eigenvalue weighted by atomic mass is 32.2. The maximum atomic E-state index is 12.7. The van der Waals surface area contributed by atoms with Crippen LogP contribution in [0.4, 0.5) is 0 Å². The van der Waals surface area contributed by atoms with Gasteiger partial charge in [0.2, 0.25) is 15.9 Å². The number of hydrogen-bond donors (Lipinski definition) is 3. The lowest BCUT2D eigenvalue weighted by atomic mass is 10.0. The Morgan fingerprint density at radius 2 is 1.93 bits per heavy atom. The van der Waals surface area contributed by atoms with Crippen LogP contribution in [0.25, 0.3) is 0 Å². The zero-order chi connectivity index (χ0) is 21.4.